The number of amides is 1. The topological polar surface area (TPSA) is 147 Å². The van der Waals surface area contributed by atoms with E-state index < -0.39 is 18.0 Å². The van der Waals surface area contributed by atoms with Gasteiger partial charge in [-0.2, -0.15) is 0 Å². The molecule has 0 unspecified atom stereocenters. The second kappa shape index (κ2) is 18.3. The van der Waals surface area contributed by atoms with Gasteiger partial charge in [0.2, 0.25) is 5.91 Å². The first kappa shape index (κ1) is 38.0. The van der Waals surface area contributed by atoms with E-state index in [1.54, 1.807) is 11.9 Å². The molecule has 50 heavy (non-hydrogen) atoms. The molecule has 2 aromatic carbocycles. The maximum atomic E-state index is 14.5. The summed E-state index contributed by atoms with van der Waals surface area (Å²) in [5.74, 6) is -0.971. The van der Waals surface area contributed by atoms with Crippen molar-refractivity contribution in [1.82, 2.24) is 20.2 Å². The predicted octanol–water partition coefficient (Wildman–Crippen LogP) is 6.51. The number of nitrogens with two attached hydrogens (primary N) is 2. The minimum absolute atomic E-state index is 0.0451. The fourth-order valence-electron chi connectivity index (χ4n) is 6.68. The Labute approximate surface area is 308 Å². The molecule has 3 heterocycles. The summed E-state index contributed by atoms with van der Waals surface area (Å²) in [6, 6.07) is 14.5. The number of hydrogen-bond donors (Lipinski definition) is 4. The van der Waals surface area contributed by atoms with Gasteiger partial charge in [0, 0.05) is 67.0 Å². The Balaban J connectivity index is 1.58. The summed E-state index contributed by atoms with van der Waals surface area (Å²) in [4.78, 5) is 53.7. The van der Waals surface area contributed by atoms with Crippen LogP contribution in [0.5, 0.6) is 0 Å². The van der Waals surface area contributed by atoms with Gasteiger partial charge < -0.3 is 26.7 Å². The van der Waals surface area contributed by atoms with E-state index in [9.17, 15) is 14.4 Å². The molecule has 266 valence electrons. The van der Waals surface area contributed by atoms with Gasteiger partial charge >= 0.3 is 0 Å². The second-order valence-electron chi connectivity index (χ2n) is 12.9. The van der Waals surface area contributed by atoms with Gasteiger partial charge in [0.1, 0.15) is 5.15 Å². The number of pyridine rings is 1. The molecule has 1 amide bonds. The molecule has 4 aromatic rings. The first-order valence-electron chi connectivity index (χ1n) is 17.3. The SMILES string of the molecule is CN1C(=O)[C@H](CCCCN)CC(=O)[C@H](CCCN)NCc2ccccc2Sc2c(Cl)ncc(Cl)c2CCC(=O)[C@@H]1Cc1c[nH]c2ccccc12. The quantitative estimate of drug-likeness (QED) is 0.112. The van der Waals surface area contributed by atoms with Gasteiger partial charge in [0.15, 0.2) is 11.6 Å². The number of benzene rings is 2. The number of H-pyrrole nitrogens is 1. The number of ketones is 2. The minimum Gasteiger partial charge on any atom is -0.361 e. The highest BCUT2D eigenvalue weighted by Crippen LogP contribution is 2.40. The summed E-state index contributed by atoms with van der Waals surface area (Å²) in [5, 5.41) is 5.19. The number of nitrogens with one attached hydrogen (secondary N) is 2. The van der Waals surface area contributed by atoms with Crippen molar-refractivity contribution in [3.05, 3.63) is 87.8 Å². The molecule has 12 heteroatoms. The third kappa shape index (κ3) is 9.34. The zero-order chi connectivity index (χ0) is 35.6. The minimum atomic E-state index is -0.774. The van der Waals surface area contributed by atoms with Crippen LogP contribution >= 0.6 is 35.0 Å². The van der Waals surface area contributed by atoms with Crippen LogP contribution in [0.1, 0.15) is 61.6 Å². The van der Waals surface area contributed by atoms with Gasteiger partial charge in [-0.1, -0.05) is 77.8 Å². The molecular formula is C38H46Cl2N6O3S. The average Bonchev–Trinajstić information content (AvgIpc) is 3.53. The van der Waals surface area contributed by atoms with Crippen LogP contribution in [0.4, 0.5) is 0 Å². The number of aromatic amines is 1. The van der Waals surface area contributed by atoms with Gasteiger partial charge in [0.05, 0.1) is 22.0 Å². The zero-order valence-corrected chi connectivity index (χ0v) is 30.8. The number of carbonyl (C=O) groups excluding carboxylic acids is 3. The van der Waals surface area contributed by atoms with Crippen LogP contribution in [-0.4, -0.2) is 64.6 Å². The lowest BCUT2D eigenvalue weighted by molar-refractivity contribution is -0.143. The summed E-state index contributed by atoms with van der Waals surface area (Å²) in [5.41, 5.74) is 15.3. The largest absolute Gasteiger partial charge is 0.361 e. The Morgan fingerprint density at radius 2 is 1.70 bits per heavy atom. The summed E-state index contributed by atoms with van der Waals surface area (Å²) in [6.07, 6.45) is 7.36. The zero-order valence-electron chi connectivity index (χ0n) is 28.4. The number of nitrogens with zero attached hydrogens (tertiary/aromatic N) is 2. The fraction of sp³-hybridized carbons (Fsp3) is 0.421. The maximum absolute atomic E-state index is 14.5. The Morgan fingerprint density at radius 1 is 0.940 bits per heavy atom. The van der Waals surface area contributed by atoms with Crippen LogP contribution in [0.15, 0.2) is 70.7 Å². The van der Waals surface area contributed by atoms with Gasteiger partial charge in [-0.15, -0.1) is 0 Å². The highest BCUT2D eigenvalue weighted by molar-refractivity contribution is 7.99. The Morgan fingerprint density at radius 3 is 2.50 bits per heavy atom. The number of hydrogen-bond acceptors (Lipinski definition) is 8. The molecule has 0 aliphatic carbocycles. The van der Waals surface area contributed by atoms with Crippen molar-refractivity contribution in [2.75, 3.05) is 20.1 Å². The van der Waals surface area contributed by atoms with Crippen LogP contribution in [0.3, 0.4) is 0 Å². The number of Topliss-reactive ketones (excluding diaryl/α,β-unsaturated/α-hetero) is 2. The molecule has 0 radical (unpaired) electrons. The molecule has 5 rings (SSSR count). The van der Waals surface area contributed by atoms with E-state index in [0.29, 0.717) is 73.2 Å². The van der Waals surface area contributed by atoms with Gasteiger partial charge in [-0.05, 0) is 74.0 Å². The molecule has 0 spiro atoms. The molecule has 9 nitrogen and oxygen atoms in total. The molecule has 1 aliphatic rings. The van der Waals surface area contributed by atoms with E-state index in [1.807, 2.05) is 54.7 Å². The van der Waals surface area contributed by atoms with Crippen LogP contribution < -0.4 is 16.8 Å². The summed E-state index contributed by atoms with van der Waals surface area (Å²) >= 11 is 14.9. The van der Waals surface area contributed by atoms with E-state index in [0.717, 1.165) is 38.9 Å². The third-order valence-electron chi connectivity index (χ3n) is 9.55. The van der Waals surface area contributed by atoms with Gasteiger partial charge in [0.25, 0.3) is 0 Å². The number of rotatable bonds is 9. The van der Waals surface area contributed by atoms with E-state index >= 15 is 0 Å². The van der Waals surface area contributed by atoms with Crippen LogP contribution in [0.2, 0.25) is 10.2 Å². The highest BCUT2D eigenvalue weighted by Gasteiger charge is 2.34. The molecule has 3 atom stereocenters. The second-order valence-corrected chi connectivity index (χ2v) is 14.7. The number of carbonyl (C=O) groups is 3. The van der Waals surface area contributed by atoms with E-state index in [1.165, 1.54) is 18.0 Å². The number of halogens is 2. The maximum Gasteiger partial charge on any atom is 0.226 e. The lowest BCUT2D eigenvalue weighted by Gasteiger charge is -2.31. The molecular weight excluding hydrogens is 691 g/mol. The number of fused-ring (bicyclic) bond motifs is 3. The van der Waals surface area contributed by atoms with E-state index in [4.69, 9.17) is 34.7 Å². The van der Waals surface area contributed by atoms with Crippen LogP contribution in [0, 0.1) is 5.92 Å². The molecule has 1 aliphatic heterocycles. The van der Waals surface area contributed by atoms with Crippen molar-refractivity contribution in [2.24, 2.45) is 17.4 Å². The molecule has 0 fully saturated rings. The fourth-order valence-corrected chi connectivity index (χ4v) is 8.36. The molecule has 2 aromatic heterocycles. The number of likely N-dealkylation sites (N-methyl/N-ethyl adjacent to an activating group) is 1. The summed E-state index contributed by atoms with van der Waals surface area (Å²) < 4.78 is 0. The third-order valence-corrected chi connectivity index (χ3v) is 11.5. The Hall–Kier alpha value is -3.25. The summed E-state index contributed by atoms with van der Waals surface area (Å²) in [7, 11) is 1.69. The first-order chi connectivity index (χ1) is 24.2. The normalized spacial score (nSPS) is 19.7. The van der Waals surface area contributed by atoms with Gasteiger partial charge in [-0.3, -0.25) is 14.4 Å². The van der Waals surface area contributed by atoms with Crippen molar-refractivity contribution in [1.29, 1.82) is 0 Å². The molecule has 0 saturated heterocycles. The first-order valence-corrected chi connectivity index (χ1v) is 18.9. The average molecular weight is 738 g/mol. The standard InChI is InChI=1S/C38H46Cl2N6O3S/c1-46-32(19-26-22-43-30-12-4-3-11-27(26)30)33(47)16-15-28-29(39)23-45-37(40)36(28)50-35-14-5-2-10-25(35)21-44-31(13-8-18-42)34(48)20-24(38(46)49)9-6-7-17-41/h2-5,10-12,14,22-24,31-32,43-44H,6-9,13,15-21,41-42H2,1H3/t24-,31+,32+/m1/s1. The van der Waals surface area contributed by atoms with Crippen molar-refractivity contribution in [2.45, 2.75) is 86.2 Å². The number of unbranched alkanes of at least 4 members (excludes halogenated alkanes) is 1. The van der Waals surface area contributed by atoms with Crippen molar-refractivity contribution in [3.8, 4) is 0 Å². The lowest BCUT2D eigenvalue weighted by atomic mass is 9.89. The lowest BCUT2D eigenvalue weighted by Crippen LogP contribution is -2.47. The van der Waals surface area contributed by atoms with Crippen LogP contribution in [-0.2, 0) is 33.8 Å². The smallest absolute Gasteiger partial charge is 0.226 e. The monoisotopic (exact) mass is 736 g/mol. The number of para-hydroxylation sites is 1. The predicted molar refractivity (Wildman–Crippen MR) is 202 cm³/mol. The van der Waals surface area contributed by atoms with Gasteiger partial charge in [-0.25, -0.2) is 4.98 Å². The highest BCUT2D eigenvalue weighted by atomic mass is 35.5. The Kier molecular flexibility index (Phi) is 13.9. The summed E-state index contributed by atoms with van der Waals surface area (Å²) in [6.45, 7) is 1.36. The number of aromatic nitrogens is 2. The Bertz CT molecular complexity index is 1800. The molecule has 0 bridgehead atoms. The van der Waals surface area contributed by atoms with Crippen LogP contribution in [0.25, 0.3) is 10.9 Å². The van der Waals surface area contributed by atoms with E-state index in [2.05, 4.69) is 15.3 Å². The van der Waals surface area contributed by atoms with Crippen molar-refractivity contribution < 1.29 is 14.4 Å². The molecule has 6 N–H and O–H groups in total. The van der Waals surface area contributed by atoms with E-state index in [-0.39, 0.29) is 30.3 Å². The van der Waals surface area contributed by atoms with Crippen molar-refractivity contribution in [3.63, 3.8) is 0 Å². The molecule has 0 saturated carbocycles. The van der Waals surface area contributed by atoms with Crippen molar-refractivity contribution >= 4 is 63.3 Å².